The largest absolute Gasteiger partial charge is 0.455 e. The Hall–Kier alpha value is -2.44. The van der Waals surface area contributed by atoms with E-state index in [0.29, 0.717) is 16.4 Å². The van der Waals surface area contributed by atoms with Gasteiger partial charge in [-0.2, -0.15) is 4.98 Å². The molecule has 0 fully saturated rings. The van der Waals surface area contributed by atoms with Gasteiger partial charge in [0.05, 0.1) is 6.42 Å². The van der Waals surface area contributed by atoms with E-state index in [9.17, 15) is 9.18 Å². The molecule has 128 valence electrons. The summed E-state index contributed by atoms with van der Waals surface area (Å²) in [5.41, 5.74) is 0.797. The standard InChI is InChI=1S/C17H11Cl2FN2O3/c18-11-6-4-10(5-7-11)17-21-15(25-22-17)9-24-16(23)8-12-13(19)2-1-3-14(12)20/h1-7H,8-9H2. The van der Waals surface area contributed by atoms with E-state index in [1.165, 1.54) is 18.2 Å². The molecule has 5 nitrogen and oxygen atoms in total. The van der Waals surface area contributed by atoms with E-state index < -0.39 is 11.8 Å². The Morgan fingerprint density at radius 3 is 2.64 bits per heavy atom. The zero-order valence-electron chi connectivity index (χ0n) is 12.7. The molecular formula is C17H11Cl2FN2O3. The lowest BCUT2D eigenvalue weighted by Gasteiger charge is -2.05. The molecule has 1 heterocycles. The Morgan fingerprint density at radius 2 is 1.92 bits per heavy atom. The van der Waals surface area contributed by atoms with E-state index >= 15 is 0 Å². The zero-order chi connectivity index (χ0) is 17.8. The Balaban J connectivity index is 1.60. The third-order valence-corrected chi connectivity index (χ3v) is 3.92. The number of carbonyl (C=O) groups excluding carboxylic acids is 1. The molecule has 0 N–H and O–H groups in total. The smallest absolute Gasteiger partial charge is 0.310 e. The molecule has 25 heavy (non-hydrogen) atoms. The van der Waals surface area contributed by atoms with Crippen molar-refractivity contribution in [3.63, 3.8) is 0 Å². The van der Waals surface area contributed by atoms with Crippen molar-refractivity contribution in [3.05, 3.63) is 69.8 Å². The molecule has 0 aliphatic carbocycles. The monoisotopic (exact) mass is 380 g/mol. The van der Waals surface area contributed by atoms with Crippen molar-refractivity contribution >= 4 is 29.2 Å². The highest BCUT2D eigenvalue weighted by Gasteiger charge is 2.15. The summed E-state index contributed by atoms with van der Waals surface area (Å²) in [7, 11) is 0. The molecule has 0 saturated heterocycles. The van der Waals surface area contributed by atoms with Gasteiger partial charge in [0, 0.05) is 21.2 Å². The molecule has 0 aliphatic rings. The quantitative estimate of drug-likeness (QED) is 0.611. The Labute approximate surface area is 152 Å². The Kier molecular flexibility index (Phi) is 5.31. The zero-order valence-corrected chi connectivity index (χ0v) is 14.2. The van der Waals surface area contributed by atoms with Crippen molar-refractivity contribution in [3.8, 4) is 11.4 Å². The molecule has 0 saturated carbocycles. The van der Waals surface area contributed by atoms with Gasteiger partial charge in [0.2, 0.25) is 5.82 Å². The maximum atomic E-state index is 13.7. The molecule has 0 bridgehead atoms. The van der Waals surface area contributed by atoms with E-state index in [1.54, 1.807) is 24.3 Å². The fraction of sp³-hybridized carbons (Fsp3) is 0.118. The second-order valence-corrected chi connectivity index (χ2v) is 5.90. The van der Waals surface area contributed by atoms with Crippen LogP contribution in [0, 0.1) is 5.82 Å². The van der Waals surface area contributed by atoms with Gasteiger partial charge in [0.1, 0.15) is 5.82 Å². The van der Waals surface area contributed by atoms with Crippen molar-refractivity contribution in [2.24, 2.45) is 0 Å². The molecule has 3 rings (SSSR count). The maximum absolute atomic E-state index is 13.7. The lowest BCUT2D eigenvalue weighted by Crippen LogP contribution is -2.09. The highest BCUT2D eigenvalue weighted by Crippen LogP contribution is 2.21. The Morgan fingerprint density at radius 1 is 1.16 bits per heavy atom. The number of ether oxygens (including phenoxy) is 1. The number of carbonyl (C=O) groups is 1. The van der Waals surface area contributed by atoms with Crippen LogP contribution in [0.5, 0.6) is 0 Å². The molecule has 0 spiro atoms. The van der Waals surface area contributed by atoms with E-state index in [0.717, 1.165) is 0 Å². The van der Waals surface area contributed by atoms with Crippen molar-refractivity contribution in [1.29, 1.82) is 0 Å². The fourth-order valence-corrected chi connectivity index (χ4v) is 2.42. The van der Waals surface area contributed by atoms with E-state index in [4.69, 9.17) is 32.5 Å². The minimum absolute atomic E-state index is 0.0848. The highest BCUT2D eigenvalue weighted by molar-refractivity contribution is 6.31. The topological polar surface area (TPSA) is 65.2 Å². The van der Waals surface area contributed by atoms with Crippen LogP contribution < -0.4 is 0 Å². The second kappa shape index (κ2) is 7.63. The van der Waals surface area contributed by atoms with Crippen LogP contribution in [0.1, 0.15) is 11.5 Å². The van der Waals surface area contributed by atoms with Crippen molar-refractivity contribution < 1.29 is 18.4 Å². The van der Waals surface area contributed by atoms with Crippen LogP contribution in [0.25, 0.3) is 11.4 Å². The average molecular weight is 381 g/mol. The average Bonchev–Trinajstić information content (AvgIpc) is 3.06. The molecule has 8 heteroatoms. The summed E-state index contributed by atoms with van der Waals surface area (Å²) >= 11 is 11.7. The summed E-state index contributed by atoms with van der Waals surface area (Å²) in [6, 6.07) is 11.1. The van der Waals surface area contributed by atoms with Crippen molar-refractivity contribution in [1.82, 2.24) is 10.1 Å². The lowest BCUT2D eigenvalue weighted by molar-refractivity contribution is -0.144. The van der Waals surface area contributed by atoms with Crippen molar-refractivity contribution in [2.45, 2.75) is 13.0 Å². The first kappa shape index (κ1) is 17.4. The van der Waals surface area contributed by atoms with Gasteiger partial charge in [-0.05, 0) is 36.4 Å². The summed E-state index contributed by atoms with van der Waals surface area (Å²) in [5.74, 6) is -0.747. The number of hydrogen-bond acceptors (Lipinski definition) is 5. The number of hydrogen-bond donors (Lipinski definition) is 0. The summed E-state index contributed by atoms with van der Waals surface area (Å²) in [5, 5.41) is 4.56. The molecule has 1 aromatic heterocycles. The Bertz CT molecular complexity index is 877. The van der Waals surface area contributed by atoms with E-state index in [-0.39, 0.29) is 29.5 Å². The number of benzene rings is 2. The number of aromatic nitrogens is 2. The second-order valence-electron chi connectivity index (χ2n) is 5.06. The van der Waals surface area contributed by atoms with Gasteiger partial charge in [-0.15, -0.1) is 0 Å². The van der Waals surface area contributed by atoms with Gasteiger partial charge in [0.15, 0.2) is 6.61 Å². The van der Waals surface area contributed by atoms with Gasteiger partial charge in [-0.25, -0.2) is 4.39 Å². The first-order chi connectivity index (χ1) is 12.0. The third-order valence-electron chi connectivity index (χ3n) is 3.31. The summed E-state index contributed by atoms with van der Waals surface area (Å²) in [6.07, 6.45) is -0.288. The number of halogens is 3. The van der Waals surface area contributed by atoms with Gasteiger partial charge in [0.25, 0.3) is 5.89 Å². The third kappa shape index (κ3) is 4.35. The lowest BCUT2D eigenvalue weighted by atomic mass is 10.1. The molecule has 0 atom stereocenters. The van der Waals surface area contributed by atoms with Gasteiger partial charge in [-0.3, -0.25) is 4.79 Å². The number of rotatable bonds is 5. The van der Waals surface area contributed by atoms with Crippen LogP contribution in [-0.4, -0.2) is 16.1 Å². The SMILES string of the molecule is O=C(Cc1c(F)cccc1Cl)OCc1nc(-c2ccc(Cl)cc2)no1. The van der Waals surface area contributed by atoms with E-state index in [1.807, 2.05) is 0 Å². The number of nitrogens with zero attached hydrogens (tertiary/aromatic N) is 2. The summed E-state index contributed by atoms with van der Waals surface area (Å²) in [6.45, 7) is -0.217. The normalized spacial score (nSPS) is 10.7. The summed E-state index contributed by atoms with van der Waals surface area (Å²) in [4.78, 5) is 16.0. The highest BCUT2D eigenvalue weighted by atomic mass is 35.5. The van der Waals surface area contributed by atoms with Gasteiger partial charge >= 0.3 is 5.97 Å². The molecule has 3 aromatic rings. The van der Waals surface area contributed by atoms with Crippen LogP contribution in [0.4, 0.5) is 4.39 Å². The van der Waals surface area contributed by atoms with Crippen LogP contribution in [0.3, 0.4) is 0 Å². The minimum Gasteiger partial charge on any atom is -0.455 e. The van der Waals surface area contributed by atoms with Crippen LogP contribution in [0.15, 0.2) is 47.0 Å². The maximum Gasteiger partial charge on any atom is 0.310 e. The van der Waals surface area contributed by atoms with Gasteiger partial charge in [-0.1, -0.05) is 34.4 Å². The number of esters is 1. The molecule has 0 aliphatic heterocycles. The van der Waals surface area contributed by atoms with Crippen LogP contribution in [0.2, 0.25) is 10.0 Å². The fourth-order valence-electron chi connectivity index (χ4n) is 2.07. The predicted molar refractivity (Wildman–Crippen MR) is 89.7 cm³/mol. The van der Waals surface area contributed by atoms with Crippen LogP contribution >= 0.6 is 23.2 Å². The van der Waals surface area contributed by atoms with E-state index in [2.05, 4.69) is 10.1 Å². The van der Waals surface area contributed by atoms with Gasteiger partial charge < -0.3 is 9.26 Å². The molecule has 0 unspecified atom stereocenters. The molecular weight excluding hydrogens is 370 g/mol. The minimum atomic E-state index is -0.654. The summed E-state index contributed by atoms with van der Waals surface area (Å²) < 4.78 is 23.7. The predicted octanol–water partition coefficient (Wildman–Crippen LogP) is 4.47. The molecule has 0 radical (unpaired) electrons. The molecule has 0 amide bonds. The first-order valence-electron chi connectivity index (χ1n) is 7.20. The molecule has 2 aromatic carbocycles. The van der Waals surface area contributed by atoms with Crippen LogP contribution in [-0.2, 0) is 22.6 Å². The van der Waals surface area contributed by atoms with Crippen molar-refractivity contribution in [2.75, 3.05) is 0 Å². The first-order valence-corrected chi connectivity index (χ1v) is 7.95.